The number of benzene rings is 1. The van der Waals surface area contributed by atoms with E-state index in [4.69, 9.17) is 0 Å². The SMILES string of the molecule is CN(CC=Cc1ccc(CC(C(=O)O)n2cccc2)cc1)c1ccccn1. The van der Waals surface area contributed by atoms with E-state index < -0.39 is 12.0 Å². The molecule has 0 aliphatic carbocycles. The van der Waals surface area contributed by atoms with Crippen molar-refractivity contribution < 1.29 is 9.90 Å². The first kappa shape index (κ1) is 18.5. The van der Waals surface area contributed by atoms with Gasteiger partial charge in [-0.3, -0.25) is 0 Å². The van der Waals surface area contributed by atoms with Gasteiger partial charge in [0, 0.05) is 38.6 Å². The molecule has 2 heterocycles. The van der Waals surface area contributed by atoms with Crippen LogP contribution in [0.1, 0.15) is 17.2 Å². The van der Waals surface area contributed by atoms with Crippen molar-refractivity contribution in [2.24, 2.45) is 0 Å². The predicted octanol–water partition coefficient (Wildman–Crippen LogP) is 3.90. The van der Waals surface area contributed by atoms with Crippen molar-refractivity contribution in [1.29, 1.82) is 0 Å². The van der Waals surface area contributed by atoms with Gasteiger partial charge in [0.2, 0.25) is 0 Å². The Balaban J connectivity index is 1.59. The third-order valence-corrected chi connectivity index (χ3v) is 4.41. The molecule has 1 unspecified atom stereocenters. The van der Waals surface area contributed by atoms with Crippen molar-refractivity contribution in [3.63, 3.8) is 0 Å². The lowest BCUT2D eigenvalue weighted by Crippen LogP contribution is -2.20. The van der Waals surface area contributed by atoms with E-state index in [0.717, 1.165) is 23.5 Å². The first-order valence-corrected chi connectivity index (χ1v) is 8.86. The van der Waals surface area contributed by atoms with Gasteiger partial charge in [-0.2, -0.15) is 0 Å². The summed E-state index contributed by atoms with van der Waals surface area (Å²) in [5.41, 5.74) is 2.08. The fraction of sp³-hybridized carbons (Fsp3) is 0.182. The van der Waals surface area contributed by atoms with E-state index >= 15 is 0 Å². The zero-order chi connectivity index (χ0) is 19.1. The average molecular weight is 361 g/mol. The molecule has 0 aliphatic rings. The van der Waals surface area contributed by atoms with E-state index in [1.807, 2.05) is 61.6 Å². The van der Waals surface area contributed by atoms with Crippen molar-refractivity contribution >= 4 is 17.9 Å². The Morgan fingerprint density at radius 3 is 2.52 bits per heavy atom. The number of carbonyl (C=O) groups is 1. The van der Waals surface area contributed by atoms with Gasteiger partial charge in [0.05, 0.1) is 0 Å². The number of rotatable bonds is 8. The lowest BCUT2D eigenvalue weighted by atomic mass is 10.0. The van der Waals surface area contributed by atoms with Crippen LogP contribution >= 0.6 is 0 Å². The van der Waals surface area contributed by atoms with Crippen LogP contribution in [0.3, 0.4) is 0 Å². The zero-order valence-electron chi connectivity index (χ0n) is 15.3. The number of hydrogen-bond donors (Lipinski definition) is 1. The molecule has 2 aromatic heterocycles. The number of anilines is 1. The molecule has 3 rings (SSSR count). The first-order chi connectivity index (χ1) is 13.1. The summed E-state index contributed by atoms with van der Waals surface area (Å²) in [6.07, 6.45) is 9.96. The van der Waals surface area contributed by atoms with Crippen LogP contribution < -0.4 is 4.90 Å². The fourth-order valence-electron chi connectivity index (χ4n) is 2.88. The maximum absolute atomic E-state index is 11.5. The summed E-state index contributed by atoms with van der Waals surface area (Å²) in [4.78, 5) is 17.9. The zero-order valence-corrected chi connectivity index (χ0v) is 15.3. The Labute approximate surface area is 159 Å². The van der Waals surface area contributed by atoms with Crippen LogP contribution in [0.2, 0.25) is 0 Å². The Morgan fingerprint density at radius 2 is 1.89 bits per heavy atom. The minimum absolute atomic E-state index is 0.455. The largest absolute Gasteiger partial charge is 0.480 e. The number of aliphatic carboxylic acids is 1. The van der Waals surface area contributed by atoms with Gasteiger partial charge in [-0.25, -0.2) is 9.78 Å². The average Bonchev–Trinajstić information content (AvgIpc) is 3.22. The van der Waals surface area contributed by atoms with Gasteiger partial charge in [-0.05, 0) is 35.4 Å². The van der Waals surface area contributed by atoms with Gasteiger partial charge in [0.25, 0.3) is 0 Å². The van der Waals surface area contributed by atoms with Crippen LogP contribution in [-0.2, 0) is 11.2 Å². The molecule has 0 bridgehead atoms. The second kappa shape index (κ2) is 8.85. The number of carboxylic acids is 1. The van der Waals surface area contributed by atoms with Crippen molar-refractivity contribution in [1.82, 2.24) is 9.55 Å². The molecule has 3 aromatic rings. The van der Waals surface area contributed by atoms with Gasteiger partial charge in [0.1, 0.15) is 11.9 Å². The Kier molecular flexibility index (Phi) is 6.05. The Bertz CT molecular complexity index is 872. The summed E-state index contributed by atoms with van der Waals surface area (Å²) in [5.74, 6) is 0.106. The second-order valence-electron chi connectivity index (χ2n) is 6.40. The van der Waals surface area contributed by atoms with Crippen molar-refractivity contribution in [3.8, 4) is 0 Å². The minimum atomic E-state index is -0.826. The van der Waals surface area contributed by atoms with Crippen LogP contribution in [0.4, 0.5) is 5.82 Å². The van der Waals surface area contributed by atoms with Gasteiger partial charge in [-0.1, -0.05) is 42.5 Å². The highest BCUT2D eigenvalue weighted by molar-refractivity contribution is 5.72. The van der Waals surface area contributed by atoms with Crippen molar-refractivity contribution in [3.05, 3.63) is 90.4 Å². The third-order valence-electron chi connectivity index (χ3n) is 4.41. The molecule has 0 radical (unpaired) electrons. The molecule has 5 heteroatoms. The molecular weight excluding hydrogens is 338 g/mol. The maximum atomic E-state index is 11.5. The molecule has 0 saturated carbocycles. The molecule has 0 aliphatic heterocycles. The maximum Gasteiger partial charge on any atom is 0.327 e. The molecule has 0 spiro atoms. The lowest BCUT2D eigenvalue weighted by Gasteiger charge is -2.15. The predicted molar refractivity (Wildman–Crippen MR) is 108 cm³/mol. The molecule has 1 aromatic carbocycles. The molecule has 0 saturated heterocycles. The van der Waals surface area contributed by atoms with Gasteiger partial charge in [0.15, 0.2) is 0 Å². The fourth-order valence-corrected chi connectivity index (χ4v) is 2.88. The topological polar surface area (TPSA) is 58.4 Å². The summed E-state index contributed by atoms with van der Waals surface area (Å²) in [6, 6.07) is 16.9. The quantitative estimate of drug-likeness (QED) is 0.661. The molecule has 27 heavy (non-hydrogen) atoms. The van der Waals surface area contributed by atoms with E-state index in [0.29, 0.717) is 6.42 Å². The van der Waals surface area contributed by atoms with E-state index in [2.05, 4.69) is 22.0 Å². The monoisotopic (exact) mass is 361 g/mol. The number of aromatic nitrogens is 2. The highest BCUT2D eigenvalue weighted by atomic mass is 16.4. The van der Waals surface area contributed by atoms with Crippen LogP contribution in [0.5, 0.6) is 0 Å². The van der Waals surface area contributed by atoms with E-state index in [1.54, 1.807) is 23.2 Å². The van der Waals surface area contributed by atoms with E-state index in [9.17, 15) is 9.90 Å². The minimum Gasteiger partial charge on any atom is -0.480 e. The number of likely N-dealkylation sites (N-methyl/N-ethyl adjacent to an activating group) is 1. The Morgan fingerprint density at radius 1 is 1.15 bits per heavy atom. The lowest BCUT2D eigenvalue weighted by molar-refractivity contribution is -0.140. The summed E-state index contributed by atoms with van der Waals surface area (Å²) in [5, 5.41) is 9.48. The van der Waals surface area contributed by atoms with Gasteiger partial charge < -0.3 is 14.6 Å². The molecule has 0 fully saturated rings. The first-order valence-electron chi connectivity index (χ1n) is 8.86. The Hall–Kier alpha value is -3.34. The van der Waals surface area contributed by atoms with Gasteiger partial charge in [-0.15, -0.1) is 0 Å². The molecular formula is C22H23N3O2. The van der Waals surface area contributed by atoms with Gasteiger partial charge >= 0.3 is 5.97 Å². The molecule has 5 nitrogen and oxygen atoms in total. The molecule has 138 valence electrons. The summed E-state index contributed by atoms with van der Waals surface area (Å²) >= 11 is 0. The molecule has 0 amide bonds. The van der Waals surface area contributed by atoms with Crippen molar-refractivity contribution in [2.75, 3.05) is 18.5 Å². The van der Waals surface area contributed by atoms with Crippen LogP contribution in [0.15, 0.2) is 79.3 Å². The van der Waals surface area contributed by atoms with E-state index in [1.165, 1.54) is 0 Å². The van der Waals surface area contributed by atoms with Crippen molar-refractivity contribution in [2.45, 2.75) is 12.5 Å². The summed E-state index contributed by atoms with van der Waals surface area (Å²) in [7, 11) is 2.00. The number of carboxylic acid groups (broad SMARTS) is 1. The third kappa shape index (κ3) is 5.07. The molecule has 1 atom stereocenters. The van der Waals surface area contributed by atoms with E-state index in [-0.39, 0.29) is 0 Å². The smallest absolute Gasteiger partial charge is 0.327 e. The number of hydrogen-bond acceptors (Lipinski definition) is 3. The highest BCUT2D eigenvalue weighted by Gasteiger charge is 2.18. The van der Waals surface area contributed by atoms with Crippen LogP contribution in [-0.4, -0.2) is 34.2 Å². The molecule has 1 N–H and O–H groups in total. The number of nitrogens with zero attached hydrogens (tertiary/aromatic N) is 3. The second-order valence-corrected chi connectivity index (χ2v) is 6.40. The van der Waals surface area contributed by atoms with Crippen LogP contribution in [0.25, 0.3) is 6.08 Å². The standard InChI is InChI=1S/C22H23N3O2/c1-24(21-8-2-3-13-23-21)14-6-7-18-9-11-19(12-10-18)17-20(22(26)27)25-15-4-5-16-25/h2-13,15-16,20H,14,17H2,1H3,(H,26,27). The summed E-state index contributed by atoms with van der Waals surface area (Å²) < 4.78 is 1.73. The highest BCUT2D eigenvalue weighted by Crippen LogP contribution is 2.16. The van der Waals surface area contributed by atoms with Crippen LogP contribution in [0, 0.1) is 0 Å². The normalized spacial score (nSPS) is 12.2. The number of pyridine rings is 1. The summed E-state index contributed by atoms with van der Waals surface area (Å²) in [6.45, 7) is 0.757.